The van der Waals surface area contributed by atoms with Crippen LogP contribution < -0.4 is 5.73 Å². The van der Waals surface area contributed by atoms with E-state index in [0.29, 0.717) is 17.4 Å². The molecule has 0 aliphatic rings. The molecule has 1 rings (SSSR count). The smallest absolute Gasteiger partial charge is 0.236 e. The number of rotatable bonds is 8. The molecule has 23 heavy (non-hydrogen) atoms. The first kappa shape index (κ1) is 19.5. The summed E-state index contributed by atoms with van der Waals surface area (Å²) < 4.78 is 1.81. The summed E-state index contributed by atoms with van der Waals surface area (Å²) in [5, 5.41) is 8.60. The third kappa shape index (κ3) is 5.23. The lowest BCUT2D eigenvalue weighted by Crippen LogP contribution is -2.45. The Bertz CT molecular complexity index is 548. The molecule has 0 aromatic carbocycles. The van der Waals surface area contributed by atoms with E-state index in [-0.39, 0.29) is 35.6 Å². The van der Waals surface area contributed by atoms with Gasteiger partial charge in [-0.2, -0.15) is 0 Å². The number of carbonyl (C=O) groups is 2. The summed E-state index contributed by atoms with van der Waals surface area (Å²) in [4.78, 5) is 25.4. The van der Waals surface area contributed by atoms with Crippen molar-refractivity contribution in [3.05, 3.63) is 5.82 Å². The molecule has 2 N–H and O–H groups in total. The number of hydrogen-bond donors (Lipinski definition) is 1. The zero-order valence-electron chi connectivity index (χ0n) is 14.7. The van der Waals surface area contributed by atoms with E-state index >= 15 is 0 Å². The van der Waals surface area contributed by atoms with Crippen LogP contribution in [-0.2, 0) is 23.1 Å². The van der Waals surface area contributed by atoms with E-state index in [1.165, 1.54) is 11.8 Å². The van der Waals surface area contributed by atoms with Gasteiger partial charge in [0.05, 0.1) is 5.25 Å². The summed E-state index contributed by atoms with van der Waals surface area (Å²) in [5.41, 5.74) is 5.16. The first-order chi connectivity index (χ1) is 10.6. The number of nitrogens with two attached hydrogens (primary N) is 1. The zero-order chi connectivity index (χ0) is 17.7. The highest BCUT2D eigenvalue weighted by Gasteiger charge is 2.27. The SMILES string of the molecule is CC(C)N(C(=O)[C@H](C)Sc1nnc(CCC(N)=O)n1C)C(C)C. The third-order valence-corrected chi connectivity index (χ3v) is 4.64. The van der Waals surface area contributed by atoms with Crippen LogP contribution in [-0.4, -0.2) is 48.8 Å². The molecule has 7 nitrogen and oxygen atoms in total. The molecule has 1 aromatic heterocycles. The van der Waals surface area contributed by atoms with Crippen molar-refractivity contribution < 1.29 is 9.59 Å². The minimum Gasteiger partial charge on any atom is -0.370 e. The van der Waals surface area contributed by atoms with Gasteiger partial charge >= 0.3 is 0 Å². The Hall–Kier alpha value is -1.57. The minimum absolute atomic E-state index is 0.0849. The van der Waals surface area contributed by atoms with Gasteiger partial charge in [-0.1, -0.05) is 11.8 Å². The maximum absolute atomic E-state index is 12.7. The van der Waals surface area contributed by atoms with Crippen LogP contribution in [0, 0.1) is 0 Å². The maximum Gasteiger partial charge on any atom is 0.236 e. The van der Waals surface area contributed by atoms with Gasteiger partial charge in [-0.15, -0.1) is 10.2 Å². The van der Waals surface area contributed by atoms with E-state index in [4.69, 9.17) is 5.73 Å². The Morgan fingerprint density at radius 1 is 1.17 bits per heavy atom. The second kappa shape index (κ2) is 8.33. The number of aryl methyl sites for hydroxylation is 1. The van der Waals surface area contributed by atoms with Gasteiger partial charge < -0.3 is 15.2 Å². The third-order valence-electron chi connectivity index (χ3n) is 3.52. The summed E-state index contributed by atoms with van der Waals surface area (Å²) in [6.07, 6.45) is 0.686. The molecule has 2 amide bonds. The number of thioether (sulfide) groups is 1. The summed E-state index contributed by atoms with van der Waals surface area (Å²) in [5.74, 6) is 0.410. The Balaban J connectivity index is 2.79. The summed E-state index contributed by atoms with van der Waals surface area (Å²) in [6, 6.07) is 0.298. The van der Waals surface area contributed by atoms with Crippen LogP contribution in [0.2, 0.25) is 0 Å². The summed E-state index contributed by atoms with van der Waals surface area (Å²) in [7, 11) is 1.83. The molecular weight excluding hydrogens is 314 g/mol. The maximum atomic E-state index is 12.7. The normalized spacial score (nSPS) is 12.7. The van der Waals surface area contributed by atoms with Crippen molar-refractivity contribution in [1.29, 1.82) is 0 Å². The second-order valence-corrected chi connectivity index (χ2v) is 7.43. The molecule has 1 heterocycles. The first-order valence-corrected chi connectivity index (χ1v) is 8.68. The van der Waals surface area contributed by atoms with Crippen molar-refractivity contribution in [2.75, 3.05) is 0 Å². The molecule has 0 spiro atoms. The fraction of sp³-hybridized carbons (Fsp3) is 0.733. The van der Waals surface area contributed by atoms with Crippen LogP contribution in [0.5, 0.6) is 0 Å². The van der Waals surface area contributed by atoms with E-state index in [0.717, 1.165) is 0 Å². The number of nitrogens with zero attached hydrogens (tertiary/aromatic N) is 4. The average Bonchev–Trinajstić information content (AvgIpc) is 2.76. The minimum atomic E-state index is -0.366. The van der Waals surface area contributed by atoms with Crippen molar-refractivity contribution in [3.8, 4) is 0 Å². The summed E-state index contributed by atoms with van der Waals surface area (Å²) >= 11 is 1.38. The molecule has 0 saturated heterocycles. The van der Waals surface area contributed by atoms with Crippen molar-refractivity contribution in [2.45, 2.75) is 70.0 Å². The number of primary amides is 1. The highest BCUT2D eigenvalue weighted by molar-refractivity contribution is 8.00. The molecule has 1 atom stereocenters. The lowest BCUT2D eigenvalue weighted by atomic mass is 10.2. The van der Waals surface area contributed by atoms with Gasteiger partial charge in [-0.25, -0.2) is 0 Å². The lowest BCUT2D eigenvalue weighted by molar-refractivity contribution is -0.133. The van der Waals surface area contributed by atoms with Gasteiger partial charge in [0.15, 0.2) is 5.16 Å². The van der Waals surface area contributed by atoms with E-state index < -0.39 is 0 Å². The Morgan fingerprint density at radius 2 is 1.74 bits per heavy atom. The Kier molecular flexibility index (Phi) is 7.05. The van der Waals surface area contributed by atoms with Crippen molar-refractivity contribution >= 4 is 23.6 Å². The molecule has 0 aliphatic heterocycles. The molecule has 0 aliphatic carbocycles. The molecule has 0 fully saturated rings. The molecule has 0 unspecified atom stereocenters. The average molecular weight is 341 g/mol. The Labute approximate surface area is 142 Å². The number of carbonyl (C=O) groups excluding carboxylic acids is 2. The molecule has 1 aromatic rings. The van der Waals surface area contributed by atoms with Crippen LogP contribution in [0.15, 0.2) is 5.16 Å². The number of amides is 2. The highest BCUT2D eigenvalue weighted by atomic mass is 32.2. The van der Waals surface area contributed by atoms with Gasteiger partial charge in [0.2, 0.25) is 11.8 Å². The molecular formula is C15H27N5O2S. The van der Waals surface area contributed by atoms with E-state index in [9.17, 15) is 9.59 Å². The zero-order valence-corrected chi connectivity index (χ0v) is 15.6. The predicted molar refractivity (Wildman–Crippen MR) is 91.0 cm³/mol. The standard InChI is InChI=1S/C15H27N5O2S/c1-9(2)20(10(3)4)14(22)11(5)23-15-18-17-13(19(15)6)8-7-12(16)21/h9-11H,7-8H2,1-6H3,(H2,16,21)/t11-/m0/s1. The topological polar surface area (TPSA) is 94.1 Å². The van der Waals surface area contributed by atoms with Crippen LogP contribution in [0.4, 0.5) is 0 Å². The number of hydrogen-bond acceptors (Lipinski definition) is 5. The van der Waals surface area contributed by atoms with Crippen LogP contribution in [0.3, 0.4) is 0 Å². The van der Waals surface area contributed by atoms with Crippen molar-refractivity contribution in [2.24, 2.45) is 12.8 Å². The molecule has 0 saturated carbocycles. The molecule has 0 radical (unpaired) electrons. The van der Waals surface area contributed by atoms with Gasteiger partial charge in [0, 0.05) is 32.0 Å². The quantitative estimate of drug-likeness (QED) is 0.721. The molecule has 130 valence electrons. The predicted octanol–water partition coefficient (Wildman–Crippen LogP) is 1.36. The highest BCUT2D eigenvalue weighted by Crippen LogP contribution is 2.24. The monoisotopic (exact) mass is 341 g/mol. The van der Waals surface area contributed by atoms with Gasteiger partial charge in [0.25, 0.3) is 0 Å². The number of aromatic nitrogens is 3. The fourth-order valence-corrected chi connectivity index (χ4v) is 3.31. The summed E-state index contributed by atoms with van der Waals surface area (Å²) in [6.45, 7) is 9.93. The molecule has 0 bridgehead atoms. The Morgan fingerprint density at radius 3 is 2.22 bits per heavy atom. The van der Waals surface area contributed by atoms with E-state index in [1.807, 2.05) is 51.1 Å². The van der Waals surface area contributed by atoms with E-state index in [2.05, 4.69) is 10.2 Å². The van der Waals surface area contributed by atoms with Crippen LogP contribution in [0.1, 0.15) is 46.9 Å². The van der Waals surface area contributed by atoms with Crippen LogP contribution in [0.25, 0.3) is 0 Å². The largest absolute Gasteiger partial charge is 0.370 e. The second-order valence-electron chi connectivity index (χ2n) is 6.12. The lowest BCUT2D eigenvalue weighted by Gasteiger charge is -2.32. The fourth-order valence-electron chi connectivity index (χ4n) is 2.42. The first-order valence-electron chi connectivity index (χ1n) is 7.80. The molecule has 8 heteroatoms. The van der Waals surface area contributed by atoms with Gasteiger partial charge in [-0.05, 0) is 34.6 Å². The van der Waals surface area contributed by atoms with Gasteiger partial charge in [-0.3, -0.25) is 9.59 Å². The van der Waals surface area contributed by atoms with E-state index in [1.54, 1.807) is 0 Å². The van der Waals surface area contributed by atoms with Crippen molar-refractivity contribution in [1.82, 2.24) is 19.7 Å². The van der Waals surface area contributed by atoms with Crippen LogP contribution >= 0.6 is 11.8 Å². The van der Waals surface area contributed by atoms with Crippen molar-refractivity contribution in [3.63, 3.8) is 0 Å². The van der Waals surface area contributed by atoms with Gasteiger partial charge in [0.1, 0.15) is 5.82 Å².